The van der Waals surface area contributed by atoms with Crippen molar-refractivity contribution in [2.24, 2.45) is 35.1 Å². The smallest absolute Gasteiger partial charge is 0.305 e. The molecule has 0 aliphatic rings. The Morgan fingerprint density at radius 1 is 0.411 bits per heavy atom. The first-order valence-electron chi connectivity index (χ1n) is 29.5. The SMILES string of the molecule is CC(C)C[C@H](NC(=O)[C@@H](N)CCC(=O)O)C(=O)N[C@@H](CC(=O)O)C(=O)N[C@@H](CC(C)C)[C@@H](O)C[C@@H](C)C(=O)N[C@H](C(=O)N[C@@H](Cc1ccccc1)C(=O)N[C@@H](Cc1ccccc1)C(=O)N[C@@H](C)C(=O)N[C@@H](CCC(=O)O)C(=O)N[C@@H](CC(=O)O)C(N)=O)C(C)C. The largest absolute Gasteiger partial charge is 0.481 e. The number of carboxylic acids is 4. The van der Waals surface area contributed by atoms with Gasteiger partial charge in [-0.1, -0.05) is 109 Å². The Hall–Kier alpha value is -9.06. The maximum absolute atomic E-state index is 14.6. The van der Waals surface area contributed by atoms with Gasteiger partial charge in [0.2, 0.25) is 59.1 Å². The number of aliphatic carboxylic acids is 4. The zero-order chi connectivity index (χ0) is 68.1. The van der Waals surface area contributed by atoms with Crippen LogP contribution in [0.1, 0.15) is 124 Å². The molecule has 0 aliphatic heterocycles. The van der Waals surface area contributed by atoms with Crippen molar-refractivity contribution in [3.63, 3.8) is 0 Å². The van der Waals surface area contributed by atoms with E-state index in [1.165, 1.54) is 13.8 Å². The number of hydrogen-bond donors (Lipinski definition) is 16. The van der Waals surface area contributed by atoms with Gasteiger partial charge < -0.3 is 84.9 Å². The van der Waals surface area contributed by atoms with Gasteiger partial charge in [0.25, 0.3) is 0 Å². The molecular formula is C60H89N11O19. The van der Waals surface area contributed by atoms with Crippen LogP contribution in [0.4, 0.5) is 0 Å². The summed E-state index contributed by atoms with van der Waals surface area (Å²) >= 11 is 0. The van der Waals surface area contributed by atoms with Crippen molar-refractivity contribution in [3.05, 3.63) is 71.8 Å². The van der Waals surface area contributed by atoms with E-state index in [-0.39, 0.29) is 50.4 Å². The summed E-state index contributed by atoms with van der Waals surface area (Å²) in [6, 6.07) is 2.18. The Morgan fingerprint density at radius 2 is 0.822 bits per heavy atom. The van der Waals surface area contributed by atoms with Gasteiger partial charge in [-0.2, -0.15) is 0 Å². The average molecular weight is 1270 g/mol. The molecule has 0 radical (unpaired) electrons. The number of hydrogen-bond acceptors (Lipinski definition) is 16. The Labute approximate surface area is 521 Å². The molecule has 0 spiro atoms. The summed E-state index contributed by atoms with van der Waals surface area (Å²) in [4.78, 5) is 182. The lowest BCUT2D eigenvalue weighted by atomic mass is 9.91. The number of nitrogens with one attached hydrogen (secondary N) is 9. The molecule has 0 aromatic heterocycles. The van der Waals surface area contributed by atoms with Crippen molar-refractivity contribution in [2.45, 2.75) is 193 Å². The number of carbonyl (C=O) groups is 14. The van der Waals surface area contributed by atoms with Crippen LogP contribution in [0.25, 0.3) is 0 Å². The number of carbonyl (C=O) groups excluding carboxylic acids is 10. The molecule has 498 valence electrons. The predicted molar refractivity (Wildman–Crippen MR) is 322 cm³/mol. The molecule has 12 atom stereocenters. The number of aliphatic hydroxyl groups excluding tert-OH is 1. The molecule has 0 aliphatic carbocycles. The number of rotatable bonds is 41. The summed E-state index contributed by atoms with van der Waals surface area (Å²) in [6.45, 7) is 12.9. The average Bonchev–Trinajstić information content (AvgIpc) is 1.90. The second-order valence-corrected chi connectivity index (χ2v) is 23.4. The molecule has 0 saturated carbocycles. The van der Waals surface area contributed by atoms with Crippen molar-refractivity contribution in [2.75, 3.05) is 0 Å². The van der Waals surface area contributed by atoms with Crippen LogP contribution >= 0.6 is 0 Å². The van der Waals surface area contributed by atoms with Crippen LogP contribution < -0.4 is 59.3 Å². The number of aliphatic hydroxyl groups is 1. The predicted octanol–water partition coefficient (Wildman–Crippen LogP) is -1.52. The highest BCUT2D eigenvalue weighted by Crippen LogP contribution is 2.18. The standard InChI is InChI=1S/C60H89N11O19/c1-30(2)23-39(65-59(89)44(29-49(79)80)69-57(87)41(24-31(3)4)67-54(84)37(61)19-21-46(73)74)45(72)25-33(7)52(82)71-50(32(5)6)60(90)70-43(27-36-17-13-10-14-18-36)58(88)68-42(26-35-15-11-9-12-16-35)56(86)63-34(8)53(83)64-38(20-22-47(75)76)55(85)66-40(51(62)81)28-48(77)78/h9-18,30-34,37-45,50,72H,19-29,61H2,1-8H3,(H2,62,81)(H,63,86)(H,64,83)(H,65,89)(H,66,85)(H,67,84)(H,68,88)(H,69,87)(H,70,90)(H,71,82)(H,73,74)(H,75,76)(H,77,78)(H,79,80)/t33-,34+,37+,38+,39+,40+,41+,42+,43+,44+,45+,50+/m1/s1. The van der Waals surface area contributed by atoms with Crippen LogP contribution in [0.2, 0.25) is 0 Å². The lowest BCUT2D eigenvalue weighted by Gasteiger charge is -2.31. The monoisotopic (exact) mass is 1270 g/mol. The Bertz CT molecular complexity index is 2810. The molecule has 0 fully saturated rings. The third kappa shape index (κ3) is 28.8. The van der Waals surface area contributed by atoms with E-state index in [0.29, 0.717) is 11.1 Å². The van der Waals surface area contributed by atoms with E-state index in [0.717, 1.165) is 0 Å². The van der Waals surface area contributed by atoms with Gasteiger partial charge in [0, 0.05) is 31.6 Å². The molecule has 30 heteroatoms. The van der Waals surface area contributed by atoms with Gasteiger partial charge in [0.05, 0.1) is 31.0 Å². The number of amides is 10. The minimum atomic E-state index is -1.74. The van der Waals surface area contributed by atoms with E-state index in [1.807, 2.05) is 0 Å². The Kier molecular flexibility index (Phi) is 32.8. The quantitative estimate of drug-likeness (QED) is 0.0360. The van der Waals surface area contributed by atoms with Crippen LogP contribution in [-0.4, -0.2) is 175 Å². The fourth-order valence-corrected chi connectivity index (χ4v) is 9.15. The molecule has 2 aromatic rings. The van der Waals surface area contributed by atoms with E-state index in [2.05, 4.69) is 47.9 Å². The van der Waals surface area contributed by atoms with Crippen molar-refractivity contribution in [1.82, 2.24) is 47.9 Å². The second kappa shape index (κ2) is 38.4. The van der Waals surface area contributed by atoms with E-state index < -0.39 is 193 Å². The third-order valence-corrected chi connectivity index (χ3v) is 14.1. The summed E-state index contributed by atoms with van der Waals surface area (Å²) in [7, 11) is 0. The van der Waals surface area contributed by atoms with Gasteiger partial charge in [0.1, 0.15) is 48.3 Å². The van der Waals surface area contributed by atoms with Gasteiger partial charge in [-0.05, 0) is 67.9 Å². The lowest BCUT2D eigenvalue weighted by Crippen LogP contribution is -2.60. The second-order valence-electron chi connectivity index (χ2n) is 23.4. The molecular weight excluding hydrogens is 1180 g/mol. The van der Waals surface area contributed by atoms with Crippen LogP contribution in [0.15, 0.2) is 60.7 Å². The van der Waals surface area contributed by atoms with Crippen LogP contribution in [0.5, 0.6) is 0 Å². The van der Waals surface area contributed by atoms with E-state index in [4.69, 9.17) is 16.6 Å². The first kappa shape index (κ1) is 77.0. The third-order valence-electron chi connectivity index (χ3n) is 14.1. The molecule has 0 heterocycles. The first-order chi connectivity index (χ1) is 42.1. The first-order valence-corrected chi connectivity index (χ1v) is 29.5. The zero-order valence-electron chi connectivity index (χ0n) is 51.8. The molecule has 30 nitrogen and oxygen atoms in total. The molecule has 0 saturated heterocycles. The van der Waals surface area contributed by atoms with Gasteiger partial charge in [-0.25, -0.2) is 0 Å². The fraction of sp³-hybridized carbons (Fsp3) is 0.567. The van der Waals surface area contributed by atoms with Gasteiger partial charge in [-0.3, -0.25) is 67.1 Å². The van der Waals surface area contributed by atoms with Gasteiger partial charge in [0.15, 0.2) is 0 Å². The van der Waals surface area contributed by atoms with Crippen LogP contribution in [0, 0.1) is 23.7 Å². The molecule has 2 rings (SSSR count). The van der Waals surface area contributed by atoms with Gasteiger partial charge in [-0.15, -0.1) is 0 Å². The van der Waals surface area contributed by atoms with Gasteiger partial charge >= 0.3 is 23.9 Å². The van der Waals surface area contributed by atoms with Crippen molar-refractivity contribution >= 4 is 82.9 Å². The number of carboxylic acid groups (broad SMARTS) is 4. The lowest BCUT2D eigenvalue weighted by molar-refractivity contribution is -0.142. The summed E-state index contributed by atoms with van der Waals surface area (Å²) in [5, 5.41) is 71.3. The van der Waals surface area contributed by atoms with Crippen molar-refractivity contribution < 1.29 is 92.7 Å². The Morgan fingerprint density at radius 3 is 1.30 bits per heavy atom. The molecule has 90 heavy (non-hydrogen) atoms. The summed E-state index contributed by atoms with van der Waals surface area (Å²) in [5.74, 6) is -17.3. The molecule has 18 N–H and O–H groups in total. The van der Waals surface area contributed by atoms with Crippen LogP contribution in [-0.2, 0) is 80.0 Å². The molecule has 0 unspecified atom stereocenters. The minimum absolute atomic E-state index is 0.0183. The van der Waals surface area contributed by atoms with Crippen LogP contribution in [0.3, 0.4) is 0 Å². The molecule has 10 amide bonds. The fourth-order valence-electron chi connectivity index (χ4n) is 9.15. The highest BCUT2D eigenvalue weighted by molar-refractivity contribution is 5.98. The highest BCUT2D eigenvalue weighted by Gasteiger charge is 2.37. The topological polar surface area (TPSA) is 500 Å². The van der Waals surface area contributed by atoms with E-state index in [9.17, 15) is 87.5 Å². The summed E-state index contributed by atoms with van der Waals surface area (Å²) < 4.78 is 0. The maximum atomic E-state index is 14.6. The number of benzene rings is 2. The minimum Gasteiger partial charge on any atom is -0.481 e. The summed E-state index contributed by atoms with van der Waals surface area (Å²) in [5.41, 5.74) is 12.2. The molecule has 2 aromatic carbocycles. The number of primary amides is 1. The van der Waals surface area contributed by atoms with E-state index in [1.54, 1.807) is 102 Å². The molecule has 0 bridgehead atoms. The van der Waals surface area contributed by atoms with Crippen molar-refractivity contribution in [1.29, 1.82) is 0 Å². The highest BCUT2D eigenvalue weighted by atomic mass is 16.4. The zero-order valence-corrected chi connectivity index (χ0v) is 51.8. The number of nitrogens with two attached hydrogens (primary N) is 2. The van der Waals surface area contributed by atoms with E-state index >= 15 is 0 Å². The Balaban J connectivity index is 2.40. The van der Waals surface area contributed by atoms with Crippen molar-refractivity contribution in [3.8, 4) is 0 Å². The maximum Gasteiger partial charge on any atom is 0.305 e. The summed E-state index contributed by atoms with van der Waals surface area (Å²) in [6.07, 6.45) is -5.75. The normalized spacial score (nSPS) is 15.2.